The Labute approximate surface area is 127 Å². The first-order valence-electron chi connectivity index (χ1n) is 7.16. The molecular formula is C16H17N3O3. The second-order valence-corrected chi connectivity index (χ2v) is 5.55. The molecule has 22 heavy (non-hydrogen) atoms. The Morgan fingerprint density at radius 1 is 1.41 bits per heavy atom. The SMILES string of the molecule is Cc1n[nH]c(=O)c(C(=O)N[C@@H]2CCc3c(O)cccc32)c1C. The number of aryl methyl sites for hydroxylation is 1. The summed E-state index contributed by atoms with van der Waals surface area (Å²) in [6, 6.07) is 5.10. The molecule has 0 aliphatic heterocycles. The average molecular weight is 299 g/mol. The number of hydrogen-bond acceptors (Lipinski definition) is 4. The zero-order valence-electron chi connectivity index (χ0n) is 12.4. The van der Waals surface area contributed by atoms with E-state index in [-0.39, 0.29) is 17.4 Å². The van der Waals surface area contributed by atoms with Crippen molar-refractivity contribution in [2.24, 2.45) is 0 Å². The molecule has 0 saturated carbocycles. The van der Waals surface area contributed by atoms with Gasteiger partial charge in [0.15, 0.2) is 0 Å². The summed E-state index contributed by atoms with van der Waals surface area (Å²) in [7, 11) is 0. The molecule has 3 rings (SSSR count). The zero-order valence-corrected chi connectivity index (χ0v) is 12.4. The number of nitrogens with one attached hydrogen (secondary N) is 2. The number of benzene rings is 1. The van der Waals surface area contributed by atoms with Crippen molar-refractivity contribution in [3.8, 4) is 5.75 Å². The van der Waals surface area contributed by atoms with Crippen LogP contribution in [0, 0.1) is 13.8 Å². The number of carbonyl (C=O) groups is 1. The van der Waals surface area contributed by atoms with Crippen LogP contribution in [0.4, 0.5) is 0 Å². The number of phenolic OH excluding ortho intramolecular Hbond substituents is 1. The minimum atomic E-state index is -0.491. The van der Waals surface area contributed by atoms with E-state index in [1.807, 2.05) is 6.07 Å². The lowest BCUT2D eigenvalue weighted by Gasteiger charge is -2.15. The van der Waals surface area contributed by atoms with Crippen LogP contribution in [0.2, 0.25) is 0 Å². The van der Waals surface area contributed by atoms with Crippen molar-refractivity contribution in [2.45, 2.75) is 32.7 Å². The zero-order chi connectivity index (χ0) is 15.9. The summed E-state index contributed by atoms with van der Waals surface area (Å²) < 4.78 is 0. The second-order valence-electron chi connectivity index (χ2n) is 5.55. The first kappa shape index (κ1) is 14.3. The number of aromatic amines is 1. The highest BCUT2D eigenvalue weighted by Crippen LogP contribution is 2.36. The summed E-state index contributed by atoms with van der Waals surface area (Å²) in [5.74, 6) is -0.159. The number of hydrogen-bond donors (Lipinski definition) is 3. The van der Waals surface area contributed by atoms with Gasteiger partial charge in [-0.25, -0.2) is 5.10 Å². The monoisotopic (exact) mass is 299 g/mol. The molecule has 2 aromatic rings. The van der Waals surface area contributed by atoms with Crippen molar-refractivity contribution in [1.29, 1.82) is 0 Å². The molecule has 0 bridgehead atoms. The minimum Gasteiger partial charge on any atom is -0.508 e. The number of aromatic hydroxyl groups is 1. The van der Waals surface area contributed by atoms with Gasteiger partial charge in [-0.15, -0.1) is 0 Å². The van der Waals surface area contributed by atoms with Crippen molar-refractivity contribution in [3.05, 3.63) is 56.5 Å². The quantitative estimate of drug-likeness (QED) is 0.783. The van der Waals surface area contributed by atoms with E-state index in [4.69, 9.17) is 0 Å². The van der Waals surface area contributed by atoms with Gasteiger partial charge in [-0.2, -0.15) is 5.10 Å². The lowest BCUT2D eigenvalue weighted by molar-refractivity contribution is 0.0934. The van der Waals surface area contributed by atoms with Crippen LogP contribution >= 0.6 is 0 Å². The summed E-state index contributed by atoms with van der Waals surface area (Å²) in [5.41, 5.74) is 2.58. The van der Waals surface area contributed by atoms with Gasteiger partial charge < -0.3 is 10.4 Å². The topological polar surface area (TPSA) is 95.1 Å². The maximum absolute atomic E-state index is 12.5. The van der Waals surface area contributed by atoms with E-state index in [0.717, 1.165) is 11.1 Å². The van der Waals surface area contributed by atoms with Gasteiger partial charge in [0, 0.05) is 0 Å². The maximum Gasteiger partial charge on any atom is 0.277 e. The average Bonchev–Trinajstić information content (AvgIpc) is 2.88. The molecule has 1 atom stereocenters. The van der Waals surface area contributed by atoms with E-state index in [0.29, 0.717) is 24.1 Å². The van der Waals surface area contributed by atoms with Gasteiger partial charge in [0.25, 0.3) is 11.5 Å². The Bertz CT molecular complexity index is 811. The third-order valence-electron chi connectivity index (χ3n) is 4.25. The van der Waals surface area contributed by atoms with E-state index in [1.54, 1.807) is 26.0 Å². The largest absolute Gasteiger partial charge is 0.508 e. The third-order valence-corrected chi connectivity index (χ3v) is 4.25. The van der Waals surface area contributed by atoms with Crippen LogP contribution in [0.1, 0.15) is 45.2 Å². The molecule has 1 aliphatic rings. The Balaban J connectivity index is 1.91. The smallest absolute Gasteiger partial charge is 0.277 e. The van der Waals surface area contributed by atoms with Crippen molar-refractivity contribution < 1.29 is 9.90 Å². The number of phenols is 1. The molecule has 0 radical (unpaired) electrons. The number of rotatable bonds is 2. The Morgan fingerprint density at radius 3 is 2.95 bits per heavy atom. The molecule has 1 heterocycles. The summed E-state index contributed by atoms with van der Waals surface area (Å²) in [6.07, 6.45) is 1.41. The number of nitrogens with zero attached hydrogens (tertiary/aromatic N) is 1. The van der Waals surface area contributed by atoms with Gasteiger partial charge >= 0.3 is 0 Å². The molecule has 3 N–H and O–H groups in total. The minimum absolute atomic E-state index is 0.0982. The Kier molecular flexibility index (Phi) is 3.44. The number of H-pyrrole nitrogens is 1. The number of carbonyl (C=O) groups excluding carboxylic acids is 1. The summed E-state index contributed by atoms with van der Waals surface area (Å²) in [6.45, 7) is 3.45. The highest BCUT2D eigenvalue weighted by Gasteiger charge is 2.27. The van der Waals surface area contributed by atoms with Crippen LogP contribution in [-0.2, 0) is 6.42 Å². The normalized spacial score (nSPS) is 16.4. The molecule has 114 valence electrons. The highest BCUT2D eigenvalue weighted by atomic mass is 16.3. The molecule has 1 aliphatic carbocycles. The van der Waals surface area contributed by atoms with Crippen LogP contribution in [0.5, 0.6) is 5.75 Å². The second kappa shape index (κ2) is 5.29. The van der Waals surface area contributed by atoms with Crippen LogP contribution in [0.15, 0.2) is 23.0 Å². The molecule has 0 spiro atoms. The molecule has 0 fully saturated rings. The fourth-order valence-electron chi connectivity index (χ4n) is 2.91. The highest BCUT2D eigenvalue weighted by molar-refractivity contribution is 5.95. The van der Waals surface area contributed by atoms with Crippen molar-refractivity contribution in [3.63, 3.8) is 0 Å². The van der Waals surface area contributed by atoms with E-state index >= 15 is 0 Å². The molecule has 6 nitrogen and oxygen atoms in total. The molecule has 1 amide bonds. The van der Waals surface area contributed by atoms with E-state index in [9.17, 15) is 14.7 Å². The summed E-state index contributed by atoms with van der Waals surface area (Å²) in [5, 5.41) is 18.9. The molecule has 1 aromatic carbocycles. The van der Waals surface area contributed by atoms with Crippen LogP contribution in [0.25, 0.3) is 0 Å². The van der Waals surface area contributed by atoms with Crippen LogP contribution in [0.3, 0.4) is 0 Å². The summed E-state index contributed by atoms with van der Waals surface area (Å²) in [4.78, 5) is 24.4. The summed E-state index contributed by atoms with van der Waals surface area (Å²) >= 11 is 0. The Morgan fingerprint density at radius 2 is 2.18 bits per heavy atom. The predicted octanol–water partition coefficient (Wildman–Crippen LogP) is 1.51. The molecule has 1 aromatic heterocycles. The van der Waals surface area contributed by atoms with Crippen molar-refractivity contribution >= 4 is 5.91 Å². The Hall–Kier alpha value is -2.63. The number of amides is 1. The van der Waals surface area contributed by atoms with Gasteiger partial charge in [0.1, 0.15) is 11.3 Å². The lowest BCUT2D eigenvalue weighted by Crippen LogP contribution is -2.33. The molecule has 0 unspecified atom stereocenters. The predicted molar refractivity (Wildman–Crippen MR) is 81.0 cm³/mol. The van der Waals surface area contributed by atoms with Gasteiger partial charge in [0.05, 0.1) is 11.7 Å². The first-order valence-corrected chi connectivity index (χ1v) is 7.16. The van der Waals surface area contributed by atoms with Crippen LogP contribution in [-0.4, -0.2) is 21.2 Å². The van der Waals surface area contributed by atoms with E-state index in [2.05, 4.69) is 15.5 Å². The third kappa shape index (κ3) is 2.26. The van der Waals surface area contributed by atoms with Crippen LogP contribution < -0.4 is 10.9 Å². The standard InChI is InChI=1S/C16H17N3O3/c1-8-9(2)18-19-16(22)14(8)15(21)17-12-7-6-11-10(12)4-3-5-13(11)20/h3-5,12,20H,6-7H2,1-2H3,(H,17,21)(H,19,22)/t12-/m1/s1. The van der Waals surface area contributed by atoms with E-state index < -0.39 is 11.5 Å². The number of fused-ring (bicyclic) bond motifs is 1. The van der Waals surface area contributed by atoms with Gasteiger partial charge in [-0.1, -0.05) is 12.1 Å². The fraction of sp³-hybridized carbons (Fsp3) is 0.312. The van der Waals surface area contributed by atoms with Gasteiger partial charge in [-0.3, -0.25) is 9.59 Å². The van der Waals surface area contributed by atoms with Gasteiger partial charge in [-0.05, 0) is 49.4 Å². The molecular weight excluding hydrogens is 282 g/mol. The first-order chi connectivity index (χ1) is 10.5. The van der Waals surface area contributed by atoms with Gasteiger partial charge in [0.2, 0.25) is 0 Å². The van der Waals surface area contributed by atoms with Crippen molar-refractivity contribution in [2.75, 3.05) is 0 Å². The lowest BCUT2D eigenvalue weighted by atomic mass is 10.1. The maximum atomic E-state index is 12.5. The molecule has 0 saturated heterocycles. The van der Waals surface area contributed by atoms with E-state index in [1.165, 1.54) is 0 Å². The number of aromatic nitrogens is 2. The molecule has 6 heteroatoms. The van der Waals surface area contributed by atoms with Crippen molar-refractivity contribution in [1.82, 2.24) is 15.5 Å². The fourth-order valence-corrected chi connectivity index (χ4v) is 2.91.